The van der Waals surface area contributed by atoms with E-state index in [9.17, 15) is 4.79 Å². The van der Waals surface area contributed by atoms with Gasteiger partial charge in [-0.3, -0.25) is 5.41 Å². The molecule has 1 aromatic rings. The molecule has 0 aliphatic heterocycles. The Hall–Kier alpha value is -2.05. The summed E-state index contributed by atoms with van der Waals surface area (Å²) in [5.41, 5.74) is -1.17. The van der Waals surface area contributed by atoms with E-state index < -0.39 is 17.2 Å². The average Bonchev–Trinajstić information content (AvgIpc) is 2.09. The van der Waals surface area contributed by atoms with E-state index in [1.54, 1.807) is 0 Å². The molecule has 0 atom stereocenters. The highest BCUT2D eigenvalue weighted by molar-refractivity contribution is 5.84. The second-order valence-corrected chi connectivity index (χ2v) is 2.13. The first-order chi connectivity index (χ1) is 6.06. The maximum atomic E-state index is 10.5. The van der Waals surface area contributed by atoms with Crippen molar-refractivity contribution < 1.29 is 19.8 Å². The van der Waals surface area contributed by atoms with Crippen molar-refractivity contribution >= 4 is 5.97 Å². The maximum Gasteiger partial charge on any atom is 0.358 e. The van der Waals surface area contributed by atoms with Gasteiger partial charge in [-0.1, -0.05) is 0 Å². The number of methoxy groups -OCH3 is 1. The molecule has 0 unspecified atom stereocenters. The Labute approximate surface area is 72.3 Å². The second kappa shape index (κ2) is 3.13. The van der Waals surface area contributed by atoms with Gasteiger partial charge in [-0.05, 0) is 0 Å². The van der Waals surface area contributed by atoms with Crippen molar-refractivity contribution in [3.8, 4) is 5.88 Å². The molecule has 0 saturated carbocycles. The lowest BCUT2D eigenvalue weighted by Crippen LogP contribution is -2.26. The van der Waals surface area contributed by atoms with E-state index in [4.69, 9.17) is 15.7 Å². The Morgan fingerprint density at radius 1 is 1.77 bits per heavy atom. The van der Waals surface area contributed by atoms with Gasteiger partial charge in [-0.25, -0.2) is 9.78 Å². The average molecular weight is 185 g/mol. The van der Waals surface area contributed by atoms with Gasteiger partial charge >= 0.3 is 5.97 Å². The van der Waals surface area contributed by atoms with Crippen LogP contribution in [0.25, 0.3) is 0 Å². The smallest absolute Gasteiger partial charge is 0.358 e. The van der Waals surface area contributed by atoms with Crippen LogP contribution < -0.4 is 10.2 Å². The molecule has 1 aromatic heterocycles. The molecular weight excluding hydrogens is 178 g/mol. The minimum absolute atomic E-state index is 0.0732. The minimum atomic E-state index is -1.40. The molecule has 0 aliphatic carbocycles. The SMILES string of the molecule is COc1cn(O)c(=N)c(C(=O)O)n1. The molecule has 3 N–H and O–H groups in total. The van der Waals surface area contributed by atoms with E-state index in [0.717, 1.165) is 6.20 Å². The number of carboxylic acid groups (broad SMARTS) is 1. The zero-order valence-electron chi connectivity index (χ0n) is 6.68. The van der Waals surface area contributed by atoms with Crippen LogP contribution in [0.15, 0.2) is 6.20 Å². The molecule has 0 bridgehead atoms. The Morgan fingerprint density at radius 2 is 2.38 bits per heavy atom. The molecule has 1 heterocycles. The van der Waals surface area contributed by atoms with Crippen molar-refractivity contribution in [2.24, 2.45) is 0 Å². The lowest BCUT2D eigenvalue weighted by molar-refractivity contribution is 0.0676. The van der Waals surface area contributed by atoms with E-state index in [2.05, 4.69) is 9.72 Å². The standard InChI is InChI=1S/C6H7N3O4/c1-13-3-2-9(12)5(7)4(8-3)6(10)11/h2,7,12H,1H3,(H,10,11). The molecule has 0 amide bonds. The number of carboxylic acids is 1. The van der Waals surface area contributed by atoms with Crippen LogP contribution in [0.1, 0.15) is 10.5 Å². The van der Waals surface area contributed by atoms with Gasteiger partial charge in [0.1, 0.15) is 6.20 Å². The van der Waals surface area contributed by atoms with Gasteiger partial charge in [0.05, 0.1) is 7.11 Å². The van der Waals surface area contributed by atoms with Gasteiger partial charge in [0.2, 0.25) is 5.88 Å². The predicted molar refractivity (Wildman–Crippen MR) is 38.8 cm³/mol. The normalized spacial score (nSPS) is 9.62. The molecule has 0 fully saturated rings. The summed E-state index contributed by atoms with van der Waals surface area (Å²) in [4.78, 5) is 13.9. The molecule has 13 heavy (non-hydrogen) atoms. The fourth-order valence-corrected chi connectivity index (χ4v) is 0.717. The van der Waals surface area contributed by atoms with E-state index in [0.29, 0.717) is 4.73 Å². The first-order valence-corrected chi connectivity index (χ1v) is 3.21. The monoisotopic (exact) mass is 185 g/mol. The zero-order valence-corrected chi connectivity index (χ0v) is 6.68. The third kappa shape index (κ3) is 1.58. The summed E-state index contributed by atoms with van der Waals surface area (Å²) < 4.78 is 4.93. The number of ether oxygens (including phenoxy) is 1. The molecular formula is C6H7N3O4. The van der Waals surface area contributed by atoms with Crippen LogP contribution >= 0.6 is 0 Å². The first kappa shape index (κ1) is 9.04. The number of carbonyl (C=O) groups is 1. The van der Waals surface area contributed by atoms with Crippen molar-refractivity contribution in [2.45, 2.75) is 0 Å². The van der Waals surface area contributed by atoms with Crippen molar-refractivity contribution in [1.82, 2.24) is 9.71 Å². The number of rotatable bonds is 2. The fourth-order valence-electron chi connectivity index (χ4n) is 0.717. The van der Waals surface area contributed by atoms with Crippen molar-refractivity contribution in [3.05, 3.63) is 17.4 Å². The predicted octanol–water partition coefficient (Wildman–Crippen LogP) is -0.693. The number of aromatic nitrogens is 2. The Balaban J connectivity index is 3.42. The summed E-state index contributed by atoms with van der Waals surface area (Å²) in [7, 11) is 1.28. The van der Waals surface area contributed by atoms with Crippen LogP contribution in [0.3, 0.4) is 0 Å². The van der Waals surface area contributed by atoms with Crippen LogP contribution in [0.5, 0.6) is 5.88 Å². The second-order valence-electron chi connectivity index (χ2n) is 2.13. The van der Waals surface area contributed by atoms with Crippen LogP contribution in [-0.4, -0.2) is 33.1 Å². The minimum Gasteiger partial charge on any atom is -0.480 e. The molecule has 7 heteroatoms. The van der Waals surface area contributed by atoms with Gasteiger partial charge in [-0.15, -0.1) is 0 Å². The molecule has 0 spiro atoms. The van der Waals surface area contributed by atoms with Gasteiger partial charge in [0.25, 0.3) is 0 Å². The maximum absolute atomic E-state index is 10.5. The Bertz CT molecular complexity index is 397. The molecule has 0 aliphatic rings. The zero-order chi connectivity index (χ0) is 10.0. The quantitative estimate of drug-likeness (QED) is 0.528. The number of hydrogen-bond acceptors (Lipinski definition) is 5. The van der Waals surface area contributed by atoms with Crippen LogP contribution in [-0.2, 0) is 0 Å². The van der Waals surface area contributed by atoms with Crippen molar-refractivity contribution in [1.29, 1.82) is 5.41 Å². The van der Waals surface area contributed by atoms with E-state index in [1.165, 1.54) is 7.11 Å². The summed E-state index contributed by atoms with van der Waals surface area (Å²) in [5.74, 6) is -1.47. The highest BCUT2D eigenvalue weighted by Gasteiger charge is 2.12. The van der Waals surface area contributed by atoms with Crippen molar-refractivity contribution in [2.75, 3.05) is 7.11 Å². The summed E-state index contributed by atoms with van der Waals surface area (Å²) in [6.07, 6.45) is 0.995. The topological polar surface area (TPSA) is 108 Å². The Kier molecular flexibility index (Phi) is 2.18. The lowest BCUT2D eigenvalue weighted by atomic mass is 10.4. The van der Waals surface area contributed by atoms with Crippen molar-refractivity contribution in [3.63, 3.8) is 0 Å². The largest absolute Gasteiger partial charge is 0.480 e. The molecule has 0 aromatic carbocycles. The highest BCUT2D eigenvalue weighted by Crippen LogP contribution is 2.01. The van der Waals surface area contributed by atoms with Crippen LogP contribution in [0.4, 0.5) is 0 Å². The summed E-state index contributed by atoms with van der Waals surface area (Å²) in [6.45, 7) is 0. The van der Waals surface area contributed by atoms with Gasteiger partial charge in [0.15, 0.2) is 11.2 Å². The lowest BCUT2D eigenvalue weighted by Gasteiger charge is -2.03. The van der Waals surface area contributed by atoms with E-state index in [-0.39, 0.29) is 5.88 Å². The number of hydrogen-bond donors (Lipinski definition) is 3. The Morgan fingerprint density at radius 3 is 2.85 bits per heavy atom. The fraction of sp³-hybridized carbons (Fsp3) is 0.167. The summed E-state index contributed by atoms with van der Waals surface area (Å²) >= 11 is 0. The molecule has 0 saturated heterocycles. The number of nitrogens with zero attached hydrogens (tertiary/aromatic N) is 2. The molecule has 70 valence electrons. The third-order valence-corrected chi connectivity index (χ3v) is 1.32. The first-order valence-electron chi connectivity index (χ1n) is 3.21. The van der Waals surface area contributed by atoms with Gasteiger partial charge in [0, 0.05) is 0 Å². The number of aromatic carboxylic acids is 1. The molecule has 1 rings (SSSR count). The van der Waals surface area contributed by atoms with Crippen LogP contribution in [0.2, 0.25) is 0 Å². The third-order valence-electron chi connectivity index (χ3n) is 1.32. The summed E-state index contributed by atoms with van der Waals surface area (Å²) in [5, 5.41) is 24.7. The van der Waals surface area contributed by atoms with Gasteiger partial charge < -0.3 is 15.1 Å². The number of nitrogens with one attached hydrogen (secondary N) is 1. The van der Waals surface area contributed by atoms with Gasteiger partial charge in [-0.2, -0.15) is 4.73 Å². The highest BCUT2D eigenvalue weighted by atomic mass is 16.5. The van der Waals surface area contributed by atoms with E-state index >= 15 is 0 Å². The molecule has 7 nitrogen and oxygen atoms in total. The van der Waals surface area contributed by atoms with Crippen LogP contribution in [0, 0.1) is 5.41 Å². The summed E-state index contributed by atoms with van der Waals surface area (Å²) in [6, 6.07) is 0. The van der Waals surface area contributed by atoms with E-state index in [1.807, 2.05) is 0 Å². The molecule has 0 radical (unpaired) electrons.